The molecule has 6 nitrogen and oxygen atoms in total. The molecule has 7 heteroatoms. The van der Waals surface area contributed by atoms with Gasteiger partial charge in [-0.25, -0.2) is 18.4 Å². The number of likely N-dealkylation sites (tertiary alicyclic amines) is 1. The van der Waals surface area contributed by atoms with E-state index in [2.05, 4.69) is 9.97 Å². The fraction of sp³-hybridized carbons (Fsp3) is 0.471. The largest absolute Gasteiger partial charge is 0.342 e. The lowest BCUT2D eigenvalue weighted by Gasteiger charge is -2.20. The normalized spacial score (nSPS) is 16.5. The lowest BCUT2D eigenvalue weighted by atomic mass is 10.2. The van der Waals surface area contributed by atoms with Crippen molar-refractivity contribution in [1.29, 1.82) is 0 Å². The van der Waals surface area contributed by atoms with Crippen LogP contribution in [-0.2, 0) is 20.4 Å². The molecule has 1 atom stereocenters. The van der Waals surface area contributed by atoms with Gasteiger partial charge < -0.3 is 4.90 Å². The molecule has 3 rings (SSSR count). The average Bonchev–Trinajstić information content (AvgIpc) is 3.08. The molecule has 0 N–H and O–H groups in total. The molecule has 1 saturated heterocycles. The Morgan fingerprint density at radius 2 is 1.75 bits per heavy atom. The maximum atomic E-state index is 12.7. The number of fused-ring (bicyclic) bond motifs is 1. The molecule has 0 aliphatic carbocycles. The van der Waals surface area contributed by atoms with Crippen molar-refractivity contribution in [3.8, 4) is 0 Å². The monoisotopic (exact) mass is 347 g/mol. The smallest absolute Gasteiger partial charge is 0.240 e. The quantitative estimate of drug-likeness (QED) is 0.843. The highest BCUT2D eigenvalue weighted by Gasteiger charge is 2.33. The van der Waals surface area contributed by atoms with Crippen molar-refractivity contribution in [2.45, 2.75) is 37.7 Å². The molecule has 0 saturated carbocycles. The number of carbonyl (C=O) groups is 1. The van der Waals surface area contributed by atoms with Gasteiger partial charge in [0, 0.05) is 13.1 Å². The topological polar surface area (TPSA) is 80.2 Å². The maximum Gasteiger partial charge on any atom is 0.240 e. The molecule has 2 heterocycles. The standard InChI is InChI=1S/C17H21N3O3S/c1-12-16(19-15-8-4-3-7-14(15)18-12)11-24(22,23)13(2)17(21)20-9-5-6-10-20/h3-4,7-8,13H,5-6,9-11H2,1-2H3/t13-/m0/s1. The summed E-state index contributed by atoms with van der Waals surface area (Å²) in [5.41, 5.74) is 2.39. The van der Waals surface area contributed by atoms with Gasteiger partial charge in [-0.2, -0.15) is 0 Å². The highest BCUT2D eigenvalue weighted by Crippen LogP contribution is 2.19. The van der Waals surface area contributed by atoms with E-state index in [1.807, 2.05) is 18.2 Å². The van der Waals surface area contributed by atoms with Crippen LogP contribution in [0.1, 0.15) is 31.2 Å². The van der Waals surface area contributed by atoms with Crippen LogP contribution < -0.4 is 0 Å². The lowest BCUT2D eigenvalue weighted by molar-refractivity contribution is -0.129. The molecule has 24 heavy (non-hydrogen) atoms. The number of carbonyl (C=O) groups excluding carboxylic acids is 1. The Bertz CT molecular complexity index is 874. The van der Waals surface area contributed by atoms with Gasteiger partial charge in [-0.3, -0.25) is 4.79 Å². The second kappa shape index (κ2) is 6.47. The van der Waals surface area contributed by atoms with E-state index in [0.717, 1.165) is 18.4 Å². The molecular formula is C17H21N3O3S. The summed E-state index contributed by atoms with van der Waals surface area (Å²) < 4.78 is 25.3. The van der Waals surface area contributed by atoms with Crippen molar-refractivity contribution in [1.82, 2.24) is 14.9 Å². The fourth-order valence-electron chi connectivity index (χ4n) is 2.93. The van der Waals surface area contributed by atoms with E-state index in [1.54, 1.807) is 17.9 Å². The van der Waals surface area contributed by atoms with E-state index in [-0.39, 0.29) is 11.7 Å². The van der Waals surface area contributed by atoms with Gasteiger partial charge >= 0.3 is 0 Å². The zero-order valence-electron chi connectivity index (χ0n) is 13.9. The van der Waals surface area contributed by atoms with Crippen molar-refractivity contribution in [2.75, 3.05) is 13.1 Å². The van der Waals surface area contributed by atoms with Crippen LogP contribution in [0.4, 0.5) is 0 Å². The molecule has 0 radical (unpaired) electrons. The van der Waals surface area contributed by atoms with E-state index in [4.69, 9.17) is 0 Å². The third-order valence-electron chi connectivity index (χ3n) is 4.49. The number of aryl methyl sites for hydroxylation is 1. The van der Waals surface area contributed by atoms with Crippen LogP contribution >= 0.6 is 0 Å². The van der Waals surface area contributed by atoms with Crippen LogP contribution in [0.3, 0.4) is 0 Å². The Labute approximate surface area is 141 Å². The van der Waals surface area contributed by atoms with E-state index in [9.17, 15) is 13.2 Å². The summed E-state index contributed by atoms with van der Waals surface area (Å²) in [5, 5.41) is -1.05. The van der Waals surface area contributed by atoms with Gasteiger partial charge in [-0.1, -0.05) is 12.1 Å². The number of para-hydroxylation sites is 2. The summed E-state index contributed by atoms with van der Waals surface area (Å²) in [7, 11) is -3.63. The number of sulfone groups is 1. The van der Waals surface area contributed by atoms with Crippen molar-refractivity contribution in [2.24, 2.45) is 0 Å². The molecular weight excluding hydrogens is 326 g/mol. The SMILES string of the molecule is Cc1nc2ccccc2nc1CS(=O)(=O)[C@@H](C)C(=O)N1CCCC1. The summed E-state index contributed by atoms with van der Waals surface area (Å²) in [5.74, 6) is -0.573. The minimum Gasteiger partial charge on any atom is -0.342 e. The predicted octanol–water partition coefficient (Wildman–Crippen LogP) is 1.86. The molecule has 1 aliphatic rings. The van der Waals surface area contributed by atoms with Crippen molar-refractivity contribution in [3.63, 3.8) is 0 Å². The number of rotatable bonds is 4. The maximum absolute atomic E-state index is 12.7. The van der Waals surface area contributed by atoms with Gasteiger partial charge in [0.1, 0.15) is 5.25 Å². The Morgan fingerprint density at radius 3 is 2.38 bits per heavy atom. The number of hydrogen-bond donors (Lipinski definition) is 0. The second-order valence-corrected chi connectivity index (χ2v) is 8.55. The van der Waals surface area contributed by atoms with Gasteiger partial charge in [0.05, 0.1) is 28.2 Å². The second-order valence-electron chi connectivity index (χ2n) is 6.23. The Kier molecular flexibility index (Phi) is 4.54. The average molecular weight is 347 g/mol. The summed E-state index contributed by atoms with van der Waals surface area (Å²) in [6.45, 7) is 4.51. The van der Waals surface area contributed by atoms with Crippen LogP contribution in [0.25, 0.3) is 11.0 Å². The molecule has 1 aliphatic heterocycles. The molecule has 1 aromatic heterocycles. The van der Waals surface area contributed by atoms with E-state index >= 15 is 0 Å². The molecule has 0 spiro atoms. The molecule has 0 unspecified atom stereocenters. The molecule has 128 valence electrons. The van der Waals surface area contributed by atoms with Crippen LogP contribution in [0.2, 0.25) is 0 Å². The number of nitrogens with zero attached hydrogens (tertiary/aromatic N) is 3. The Balaban J connectivity index is 1.86. The first-order valence-electron chi connectivity index (χ1n) is 8.11. The van der Waals surface area contributed by atoms with Gasteiger partial charge in [0.15, 0.2) is 9.84 Å². The third kappa shape index (κ3) is 3.26. The number of aromatic nitrogens is 2. The predicted molar refractivity (Wildman–Crippen MR) is 92.2 cm³/mol. The van der Waals surface area contributed by atoms with E-state index < -0.39 is 15.1 Å². The zero-order chi connectivity index (χ0) is 17.3. The molecule has 1 fully saturated rings. The van der Waals surface area contributed by atoms with E-state index in [0.29, 0.717) is 30.0 Å². The summed E-state index contributed by atoms with van der Waals surface area (Å²) in [6, 6.07) is 7.34. The minimum atomic E-state index is -3.63. The third-order valence-corrected chi connectivity index (χ3v) is 6.44. The first-order chi connectivity index (χ1) is 11.4. The highest BCUT2D eigenvalue weighted by atomic mass is 32.2. The van der Waals surface area contributed by atoms with Crippen molar-refractivity contribution < 1.29 is 13.2 Å². The number of amides is 1. The highest BCUT2D eigenvalue weighted by molar-refractivity contribution is 7.92. The zero-order valence-corrected chi connectivity index (χ0v) is 14.7. The molecule has 0 bridgehead atoms. The first-order valence-corrected chi connectivity index (χ1v) is 9.82. The van der Waals surface area contributed by atoms with E-state index in [1.165, 1.54) is 6.92 Å². The first kappa shape index (κ1) is 16.8. The van der Waals surface area contributed by atoms with Crippen molar-refractivity contribution >= 4 is 26.8 Å². The van der Waals surface area contributed by atoms with Crippen LogP contribution in [-0.4, -0.2) is 47.5 Å². The fourth-order valence-corrected chi connectivity index (χ4v) is 4.29. The summed E-state index contributed by atoms with van der Waals surface area (Å²) in [6.07, 6.45) is 1.88. The van der Waals surface area contributed by atoms with Gasteiger partial charge in [-0.05, 0) is 38.8 Å². The Morgan fingerprint density at radius 1 is 1.17 bits per heavy atom. The van der Waals surface area contributed by atoms with Crippen LogP contribution in [0.15, 0.2) is 24.3 Å². The van der Waals surface area contributed by atoms with Gasteiger partial charge in [0.2, 0.25) is 5.91 Å². The molecule has 1 amide bonds. The van der Waals surface area contributed by atoms with Crippen LogP contribution in [0.5, 0.6) is 0 Å². The molecule has 2 aromatic rings. The summed E-state index contributed by atoms with van der Waals surface area (Å²) >= 11 is 0. The number of hydrogen-bond acceptors (Lipinski definition) is 5. The van der Waals surface area contributed by atoms with Gasteiger partial charge in [0.25, 0.3) is 0 Å². The Hall–Kier alpha value is -2.02. The minimum absolute atomic E-state index is 0.266. The lowest BCUT2D eigenvalue weighted by Crippen LogP contribution is -2.40. The van der Waals surface area contributed by atoms with Crippen molar-refractivity contribution in [3.05, 3.63) is 35.7 Å². The molecule has 1 aromatic carbocycles. The van der Waals surface area contributed by atoms with Gasteiger partial charge in [-0.15, -0.1) is 0 Å². The van der Waals surface area contributed by atoms with Crippen LogP contribution in [0, 0.1) is 6.92 Å². The number of benzene rings is 1. The summed E-state index contributed by atoms with van der Waals surface area (Å²) in [4.78, 5) is 22.9.